The van der Waals surface area contributed by atoms with E-state index in [2.05, 4.69) is 5.32 Å². The summed E-state index contributed by atoms with van der Waals surface area (Å²) in [5, 5.41) is 72.8. The van der Waals surface area contributed by atoms with Crippen LogP contribution < -0.4 is 5.32 Å². The fraction of sp³-hybridized carbons (Fsp3) is 0.895. The summed E-state index contributed by atoms with van der Waals surface area (Å²) >= 11 is 0. The van der Waals surface area contributed by atoms with Crippen LogP contribution in [0, 0.1) is 0 Å². The van der Waals surface area contributed by atoms with Gasteiger partial charge < -0.3 is 64.7 Å². The molecule has 0 radical (unpaired) electrons. The summed E-state index contributed by atoms with van der Waals surface area (Å²) in [6.45, 7) is -0.426. The van der Waals surface area contributed by atoms with Crippen molar-refractivity contribution in [2.24, 2.45) is 0 Å². The van der Waals surface area contributed by atoms with Crippen molar-refractivity contribution < 1.29 is 69.0 Å². The molecule has 0 aromatic carbocycles. The number of amides is 1. The lowest BCUT2D eigenvalue weighted by atomic mass is 9.88. The molecule has 15 nitrogen and oxygen atoms in total. The molecule has 34 heavy (non-hydrogen) atoms. The van der Waals surface area contributed by atoms with E-state index in [1.165, 1.54) is 7.11 Å². The average Bonchev–Trinajstić information content (AvgIpc) is 2.81. The summed E-state index contributed by atoms with van der Waals surface area (Å²) in [7, 11) is 2.18. The van der Waals surface area contributed by atoms with E-state index >= 15 is 0 Å². The monoisotopic (exact) mass is 499 g/mol. The van der Waals surface area contributed by atoms with E-state index in [9.17, 15) is 45.3 Å². The van der Waals surface area contributed by atoms with Crippen LogP contribution in [-0.2, 0) is 33.3 Å². The number of rotatable bonds is 9. The van der Waals surface area contributed by atoms with Gasteiger partial charge in [0.25, 0.3) is 5.79 Å². The molecule has 0 aromatic heterocycles. The van der Waals surface area contributed by atoms with Gasteiger partial charge in [-0.2, -0.15) is 0 Å². The number of esters is 1. The molecule has 2 rings (SSSR count). The van der Waals surface area contributed by atoms with Crippen LogP contribution in [0.5, 0.6) is 0 Å². The number of aliphatic hydroxyl groups excluding tert-OH is 7. The third-order valence-corrected chi connectivity index (χ3v) is 5.74. The first-order valence-electron chi connectivity index (χ1n) is 10.5. The lowest BCUT2D eigenvalue weighted by Crippen LogP contribution is -2.68. The number of methoxy groups -OCH3 is 2. The maximum Gasteiger partial charge on any atom is 0.366 e. The van der Waals surface area contributed by atoms with Gasteiger partial charge >= 0.3 is 5.97 Å². The number of carbonyl (C=O) groups is 2. The normalized spacial score (nSPS) is 40.3. The van der Waals surface area contributed by atoms with Crippen LogP contribution in [-0.4, -0.2) is 142 Å². The van der Waals surface area contributed by atoms with Gasteiger partial charge in [-0.15, -0.1) is 0 Å². The zero-order chi connectivity index (χ0) is 25.8. The van der Waals surface area contributed by atoms with E-state index in [-0.39, 0.29) is 0 Å². The molecule has 0 aliphatic carbocycles. The molecule has 0 spiro atoms. The molecule has 0 saturated carbocycles. The summed E-state index contributed by atoms with van der Waals surface area (Å²) < 4.78 is 26.2. The van der Waals surface area contributed by atoms with Crippen molar-refractivity contribution in [3.8, 4) is 0 Å². The van der Waals surface area contributed by atoms with Crippen LogP contribution in [0.25, 0.3) is 0 Å². The quantitative estimate of drug-likeness (QED) is 0.138. The standard InChI is InChI=1S/C19H33NO14/c1-7(22)20-11-8(23)4-19(18(29)31-3,34-16(11)12(25)9(24)5-21)32-6-10-13(26)14(27)15(28)17(30-2)33-10/h8-17,21,23-28H,4-6H2,1-3H3,(H,20,22)/t8-,9+,10+,11+,12+,13-,14-,15+,16+,17+,19-/m0/s1. The lowest BCUT2D eigenvalue weighted by molar-refractivity contribution is -0.337. The summed E-state index contributed by atoms with van der Waals surface area (Å²) in [6, 6.07) is -1.32. The average molecular weight is 499 g/mol. The highest BCUT2D eigenvalue weighted by Crippen LogP contribution is 2.35. The molecular formula is C19H33NO14. The third-order valence-electron chi connectivity index (χ3n) is 5.74. The van der Waals surface area contributed by atoms with Gasteiger partial charge in [-0.25, -0.2) is 4.79 Å². The zero-order valence-electron chi connectivity index (χ0n) is 18.9. The fourth-order valence-corrected chi connectivity index (χ4v) is 3.89. The molecule has 2 aliphatic rings. The molecule has 198 valence electrons. The molecule has 8 N–H and O–H groups in total. The van der Waals surface area contributed by atoms with Crippen LogP contribution >= 0.6 is 0 Å². The van der Waals surface area contributed by atoms with Gasteiger partial charge in [0, 0.05) is 20.5 Å². The van der Waals surface area contributed by atoms with E-state index in [1.807, 2.05) is 0 Å². The molecular weight excluding hydrogens is 466 g/mol. The minimum absolute atomic E-state index is 0.619. The first-order chi connectivity index (χ1) is 15.9. The molecule has 2 saturated heterocycles. The number of hydrogen-bond donors (Lipinski definition) is 8. The van der Waals surface area contributed by atoms with Crippen molar-refractivity contribution in [3.63, 3.8) is 0 Å². The van der Waals surface area contributed by atoms with E-state index in [4.69, 9.17) is 23.7 Å². The van der Waals surface area contributed by atoms with Gasteiger partial charge in [0.2, 0.25) is 5.91 Å². The predicted octanol–water partition coefficient (Wildman–Crippen LogP) is -5.31. The summed E-state index contributed by atoms with van der Waals surface area (Å²) in [4.78, 5) is 24.3. The second-order valence-electron chi connectivity index (χ2n) is 8.13. The number of hydrogen-bond acceptors (Lipinski definition) is 14. The van der Waals surface area contributed by atoms with E-state index in [0.717, 1.165) is 14.0 Å². The summed E-state index contributed by atoms with van der Waals surface area (Å²) in [5.74, 6) is -4.21. The highest BCUT2D eigenvalue weighted by atomic mass is 16.8. The maximum absolute atomic E-state index is 12.7. The van der Waals surface area contributed by atoms with E-state index in [0.29, 0.717) is 0 Å². The number of ether oxygens (including phenoxy) is 5. The minimum Gasteiger partial charge on any atom is -0.465 e. The van der Waals surface area contributed by atoms with Gasteiger partial charge in [0.05, 0.1) is 32.5 Å². The molecule has 11 atom stereocenters. The Kier molecular flexibility index (Phi) is 10.1. The van der Waals surface area contributed by atoms with Crippen LogP contribution in [0.1, 0.15) is 13.3 Å². The van der Waals surface area contributed by atoms with Gasteiger partial charge in [0.15, 0.2) is 6.29 Å². The Balaban J connectivity index is 2.33. The Bertz CT molecular complexity index is 694. The highest BCUT2D eigenvalue weighted by molar-refractivity contribution is 5.78. The Morgan fingerprint density at radius 3 is 2.29 bits per heavy atom. The maximum atomic E-state index is 12.7. The molecule has 0 unspecified atom stereocenters. The topological polar surface area (TPSA) is 234 Å². The first kappa shape index (κ1) is 28.7. The van der Waals surface area contributed by atoms with Gasteiger partial charge in [-0.1, -0.05) is 0 Å². The highest BCUT2D eigenvalue weighted by Gasteiger charge is 2.57. The van der Waals surface area contributed by atoms with Crippen molar-refractivity contribution in [3.05, 3.63) is 0 Å². The SMILES string of the molecule is COC(=O)[C@]1(OC[C@H]2O[C@@H](OC)[C@H](O)[C@@H](O)[C@H]2O)C[C@H](O)[C@@H](NC(C)=O)[C@H]([C@H](O)[C@H](O)CO)O1. The van der Waals surface area contributed by atoms with Crippen LogP contribution in [0.2, 0.25) is 0 Å². The Morgan fingerprint density at radius 2 is 1.76 bits per heavy atom. The molecule has 2 aliphatic heterocycles. The van der Waals surface area contributed by atoms with Gasteiger partial charge in [-0.3, -0.25) is 4.79 Å². The second-order valence-corrected chi connectivity index (χ2v) is 8.13. The van der Waals surface area contributed by atoms with Crippen molar-refractivity contribution in [1.82, 2.24) is 5.32 Å². The van der Waals surface area contributed by atoms with Crippen LogP contribution in [0.4, 0.5) is 0 Å². The Morgan fingerprint density at radius 1 is 1.12 bits per heavy atom. The zero-order valence-corrected chi connectivity index (χ0v) is 18.9. The van der Waals surface area contributed by atoms with Crippen molar-refractivity contribution >= 4 is 11.9 Å². The van der Waals surface area contributed by atoms with Crippen molar-refractivity contribution in [1.29, 1.82) is 0 Å². The number of carbonyl (C=O) groups excluding carboxylic acids is 2. The largest absolute Gasteiger partial charge is 0.465 e. The Hall–Kier alpha value is -1.50. The fourth-order valence-electron chi connectivity index (χ4n) is 3.89. The molecule has 1 amide bonds. The van der Waals surface area contributed by atoms with Gasteiger partial charge in [0.1, 0.15) is 42.7 Å². The Labute approximate surface area is 194 Å². The third kappa shape index (κ3) is 6.00. The first-order valence-corrected chi connectivity index (χ1v) is 10.5. The van der Waals surface area contributed by atoms with E-state index < -0.39 is 98.5 Å². The smallest absolute Gasteiger partial charge is 0.366 e. The van der Waals surface area contributed by atoms with Gasteiger partial charge in [-0.05, 0) is 0 Å². The minimum atomic E-state index is -2.42. The molecule has 2 fully saturated rings. The molecule has 2 heterocycles. The lowest BCUT2D eigenvalue weighted by Gasteiger charge is -2.47. The number of aliphatic hydroxyl groups is 7. The van der Waals surface area contributed by atoms with E-state index in [1.54, 1.807) is 0 Å². The second kappa shape index (κ2) is 12.0. The molecule has 0 bridgehead atoms. The van der Waals surface area contributed by atoms with Crippen LogP contribution in [0.3, 0.4) is 0 Å². The predicted molar refractivity (Wildman–Crippen MR) is 107 cm³/mol. The van der Waals surface area contributed by atoms with Crippen molar-refractivity contribution in [2.75, 3.05) is 27.4 Å². The summed E-state index contributed by atoms with van der Waals surface area (Å²) in [6.07, 6.45) is -15.1. The van der Waals surface area contributed by atoms with Crippen molar-refractivity contribution in [2.45, 2.75) is 80.3 Å². The summed E-state index contributed by atoms with van der Waals surface area (Å²) in [5.41, 5.74) is 0. The van der Waals surface area contributed by atoms with Crippen LogP contribution in [0.15, 0.2) is 0 Å². The molecule has 0 aromatic rings. The number of nitrogens with one attached hydrogen (secondary N) is 1. The molecule has 15 heteroatoms.